The molecule has 27 heavy (non-hydrogen) atoms. The molecule has 7 nitrogen and oxygen atoms in total. The summed E-state index contributed by atoms with van der Waals surface area (Å²) in [4.78, 5) is 12.0. The highest BCUT2D eigenvalue weighted by molar-refractivity contribution is 9.10. The molecule has 0 aliphatic rings. The van der Waals surface area contributed by atoms with Gasteiger partial charge >= 0.3 is 0 Å². The number of halogens is 1. The number of benzene rings is 2. The number of phenolic OH excluding ortho intramolecular Hbond substituents is 1. The Balaban J connectivity index is 1.56. The molecule has 0 unspecified atom stereocenters. The highest BCUT2D eigenvalue weighted by Crippen LogP contribution is 2.22. The first-order chi connectivity index (χ1) is 13.0. The van der Waals surface area contributed by atoms with Gasteiger partial charge in [0.05, 0.1) is 12.0 Å². The van der Waals surface area contributed by atoms with Gasteiger partial charge in [-0.05, 0) is 18.2 Å². The molecular formula is C18H16BrN5O2S. The van der Waals surface area contributed by atoms with Gasteiger partial charge in [-0.1, -0.05) is 58.0 Å². The summed E-state index contributed by atoms with van der Waals surface area (Å²) in [7, 11) is 1.86. The molecular weight excluding hydrogens is 430 g/mol. The Labute approximate surface area is 168 Å². The number of rotatable bonds is 6. The quantitative estimate of drug-likeness (QED) is 0.345. The van der Waals surface area contributed by atoms with Crippen LogP contribution in [0, 0.1) is 0 Å². The van der Waals surface area contributed by atoms with E-state index in [-0.39, 0.29) is 17.4 Å². The number of carbonyl (C=O) groups excluding carboxylic acids is 1. The zero-order chi connectivity index (χ0) is 19.2. The van der Waals surface area contributed by atoms with Gasteiger partial charge in [0, 0.05) is 22.6 Å². The van der Waals surface area contributed by atoms with E-state index < -0.39 is 0 Å². The van der Waals surface area contributed by atoms with Crippen molar-refractivity contribution in [2.24, 2.45) is 12.1 Å². The van der Waals surface area contributed by atoms with Crippen LogP contribution in [-0.4, -0.2) is 37.7 Å². The fraction of sp³-hybridized carbons (Fsp3) is 0.111. The van der Waals surface area contributed by atoms with E-state index in [0.29, 0.717) is 10.7 Å². The molecule has 0 saturated carbocycles. The second-order valence-electron chi connectivity index (χ2n) is 5.52. The van der Waals surface area contributed by atoms with Crippen LogP contribution >= 0.6 is 27.7 Å². The normalized spacial score (nSPS) is 11.0. The van der Waals surface area contributed by atoms with Crippen molar-refractivity contribution in [1.82, 2.24) is 20.2 Å². The van der Waals surface area contributed by atoms with Crippen molar-refractivity contribution >= 4 is 39.8 Å². The predicted molar refractivity (Wildman–Crippen MR) is 109 cm³/mol. The lowest BCUT2D eigenvalue weighted by molar-refractivity contribution is -0.118. The zero-order valence-corrected chi connectivity index (χ0v) is 16.7. The van der Waals surface area contributed by atoms with Crippen LogP contribution in [0.15, 0.2) is 63.3 Å². The van der Waals surface area contributed by atoms with Crippen molar-refractivity contribution in [3.63, 3.8) is 0 Å². The number of nitrogens with one attached hydrogen (secondary N) is 1. The topological polar surface area (TPSA) is 92.4 Å². The van der Waals surface area contributed by atoms with Crippen molar-refractivity contribution in [2.75, 3.05) is 5.75 Å². The maximum absolute atomic E-state index is 12.0. The van der Waals surface area contributed by atoms with E-state index in [9.17, 15) is 9.90 Å². The third-order valence-corrected chi connectivity index (χ3v) is 5.10. The first-order valence-corrected chi connectivity index (χ1v) is 9.70. The number of carbonyl (C=O) groups is 1. The summed E-state index contributed by atoms with van der Waals surface area (Å²) in [5.41, 5.74) is 3.89. The minimum Gasteiger partial charge on any atom is -0.507 e. The van der Waals surface area contributed by atoms with Gasteiger partial charge in [0.15, 0.2) is 11.0 Å². The number of nitrogens with zero attached hydrogens (tertiary/aromatic N) is 4. The van der Waals surface area contributed by atoms with Gasteiger partial charge in [-0.3, -0.25) is 4.79 Å². The van der Waals surface area contributed by atoms with E-state index in [1.807, 2.05) is 41.9 Å². The summed E-state index contributed by atoms with van der Waals surface area (Å²) in [5, 5.41) is 22.6. The summed E-state index contributed by atoms with van der Waals surface area (Å²) in [6, 6.07) is 14.7. The summed E-state index contributed by atoms with van der Waals surface area (Å²) >= 11 is 4.58. The molecule has 2 N–H and O–H groups in total. The molecule has 0 atom stereocenters. The van der Waals surface area contributed by atoms with Crippen molar-refractivity contribution in [1.29, 1.82) is 0 Å². The second kappa shape index (κ2) is 8.83. The molecule has 0 fully saturated rings. The minimum atomic E-state index is -0.282. The van der Waals surface area contributed by atoms with E-state index >= 15 is 0 Å². The van der Waals surface area contributed by atoms with Crippen molar-refractivity contribution < 1.29 is 9.90 Å². The van der Waals surface area contributed by atoms with Crippen LogP contribution < -0.4 is 5.43 Å². The lowest BCUT2D eigenvalue weighted by Gasteiger charge is -2.03. The molecule has 0 saturated heterocycles. The third-order valence-electron chi connectivity index (χ3n) is 3.58. The summed E-state index contributed by atoms with van der Waals surface area (Å²) in [6.07, 6.45) is 1.39. The van der Waals surface area contributed by atoms with Crippen molar-refractivity contribution in [3.05, 3.63) is 58.6 Å². The number of aromatic nitrogens is 3. The maximum Gasteiger partial charge on any atom is 0.250 e. The van der Waals surface area contributed by atoms with Crippen molar-refractivity contribution in [3.8, 4) is 17.1 Å². The van der Waals surface area contributed by atoms with E-state index in [1.165, 1.54) is 18.0 Å². The number of phenols is 1. The zero-order valence-electron chi connectivity index (χ0n) is 14.3. The largest absolute Gasteiger partial charge is 0.507 e. The van der Waals surface area contributed by atoms with Crippen LogP contribution in [0.25, 0.3) is 11.4 Å². The summed E-state index contributed by atoms with van der Waals surface area (Å²) in [6.45, 7) is 0. The van der Waals surface area contributed by atoms with Crippen LogP contribution in [0.2, 0.25) is 0 Å². The van der Waals surface area contributed by atoms with Crippen LogP contribution in [0.1, 0.15) is 5.56 Å². The highest BCUT2D eigenvalue weighted by Gasteiger charge is 2.12. The van der Waals surface area contributed by atoms with Crippen molar-refractivity contribution in [2.45, 2.75) is 5.16 Å². The van der Waals surface area contributed by atoms with Gasteiger partial charge in [-0.15, -0.1) is 10.2 Å². The fourth-order valence-electron chi connectivity index (χ4n) is 2.24. The van der Waals surface area contributed by atoms with E-state index in [4.69, 9.17) is 0 Å². The molecule has 3 rings (SSSR count). The third kappa shape index (κ3) is 4.95. The Morgan fingerprint density at radius 2 is 2.07 bits per heavy atom. The smallest absolute Gasteiger partial charge is 0.250 e. The molecule has 9 heteroatoms. The molecule has 0 spiro atoms. The van der Waals surface area contributed by atoms with Crippen LogP contribution in [0.4, 0.5) is 0 Å². The van der Waals surface area contributed by atoms with Crippen LogP contribution in [0.5, 0.6) is 5.75 Å². The van der Waals surface area contributed by atoms with Gasteiger partial charge in [0.25, 0.3) is 5.91 Å². The molecule has 3 aromatic rings. The summed E-state index contributed by atoms with van der Waals surface area (Å²) < 4.78 is 2.65. The first kappa shape index (κ1) is 19.1. The molecule has 1 aromatic heterocycles. The number of amides is 1. The Morgan fingerprint density at radius 1 is 1.30 bits per heavy atom. The molecule has 138 valence electrons. The van der Waals surface area contributed by atoms with Gasteiger partial charge in [0.2, 0.25) is 0 Å². The number of aromatic hydroxyl groups is 1. The predicted octanol–water partition coefficient (Wildman–Crippen LogP) is 3.19. The fourth-order valence-corrected chi connectivity index (χ4v) is 3.33. The van der Waals surface area contributed by atoms with Gasteiger partial charge in [0.1, 0.15) is 5.75 Å². The van der Waals surface area contributed by atoms with E-state index in [1.54, 1.807) is 18.2 Å². The average molecular weight is 446 g/mol. The molecule has 2 aromatic carbocycles. The van der Waals surface area contributed by atoms with Crippen LogP contribution in [-0.2, 0) is 11.8 Å². The molecule has 1 heterocycles. The van der Waals surface area contributed by atoms with Gasteiger partial charge in [-0.25, -0.2) is 5.43 Å². The number of thioether (sulfide) groups is 1. The van der Waals surface area contributed by atoms with E-state index in [0.717, 1.165) is 15.9 Å². The Hall–Kier alpha value is -2.65. The number of hydrogen-bond acceptors (Lipinski definition) is 6. The molecule has 0 aliphatic carbocycles. The SMILES string of the molecule is Cn1c(SCC(=O)N/N=C/c2cc(Br)ccc2O)nnc1-c1ccccc1. The second-order valence-corrected chi connectivity index (χ2v) is 7.37. The van der Waals surface area contributed by atoms with Gasteiger partial charge in [-0.2, -0.15) is 5.10 Å². The molecule has 0 aliphatic heterocycles. The standard InChI is InChI=1S/C18H16BrN5O2S/c1-24-17(12-5-3-2-4-6-12)22-23-18(24)27-11-16(26)21-20-10-13-9-14(19)7-8-15(13)25/h2-10,25H,11H2,1H3,(H,21,26)/b20-10+. The molecule has 0 radical (unpaired) electrons. The van der Waals surface area contributed by atoms with Crippen LogP contribution in [0.3, 0.4) is 0 Å². The van der Waals surface area contributed by atoms with Gasteiger partial charge < -0.3 is 9.67 Å². The molecule has 0 bridgehead atoms. The Kier molecular flexibility index (Phi) is 6.25. The Morgan fingerprint density at radius 3 is 2.85 bits per heavy atom. The lowest BCUT2D eigenvalue weighted by Crippen LogP contribution is -2.19. The number of hydrogen-bond donors (Lipinski definition) is 2. The highest BCUT2D eigenvalue weighted by atomic mass is 79.9. The minimum absolute atomic E-state index is 0.0816. The average Bonchev–Trinajstić information content (AvgIpc) is 3.04. The van der Waals surface area contributed by atoms with E-state index in [2.05, 4.69) is 36.7 Å². The molecule has 1 amide bonds. The Bertz CT molecular complexity index is 975. The monoisotopic (exact) mass is 445 g/mol. The maximum atomic E-state index is 12.0. The summed E-state index contributed by atoms with van der Waals surface area (Å²) in [5.74, 6) is 0.678. The number of hydrazone groups is 1. The first-order valence-electron chi connectivity index (χ1n) is 7.92. The lowest BCUT2D eigenvalue weighted by atomic mass is 10.2.